The van der Waals surface area contributed by atoms with E-state index in [0.717, 1.165) is 12.8 Å². The van der Waals surface area contributed by atoms with Crippen molar-refractivity contribution in [3.8, 4) is 0 Å². The molecule has 0 saturated heterocycles. The summed E-state index contributed by atoms with van der Waals surface area (Å²) in [5, 5.41) is 0. The minimum atomic E-state index is -1.08. The molecule has 3 aromatic rings. The van der Waals surface area contributed by atoms with Crippen LogP contribution in [0.3, 0.4) is 0 Å². The Morgan fingerprint density at radius 3 is 1.70 bits per heavy atom. The first-order valence-electron chi connectivity index (χ1n) is 15.0. The molecule has 0 amide bonds. The molecule has 0 fully saturated rings. The third kappa shape index (κ3) is 5.87. The SMILES string of the molecule is CC1=C(C)C(C)(C)[C]([Hf][C]2(C)C=Cc3cc4c(cc32)CC(C)(C)C4)=C1C.c1ccc(CCc2ccccc2)cc1. The van der Waals surface area contributed by atoms with Crippen molar-refractivity contribution >= 4 is 6.08 Å². The minimum absolute atomic E-state index is 0.273. The first kappa shape index (κ1) is 29.2. The van der Waals surface area contributed by atoms with Crippen LogP contribution in [0.2, 0.25) is 0 Å². The van der Waals surface area contributed by atoms with Crippen LogP contribution in [-0.2, 0) is 51.8 Å². The van der Waals surface area contributed by atoms with E-state index < -0.39 is 22.9 Å². The molecule has 3 aliphatic carbocycles. The van der Waals surface area contributed by atoms with Crippen molar-refractivity contribution < 1.29 is 22.9 Å². The first-order chi connectivity index (χ1) is 18.9. The summed E-state index contributed by atoms with van der Waals surface area (Å²) in [6, 6.07) is 26.4. The van der Waals surface area contributed by atoms with Gasteiger partial charge in [0.05, 0.1) is 0 Å². The smallest absolute Gasteiger partial charge is 0.0238 e. The molecular weight excluding hydrogens is 647 g/mol. The van der Waals surface area contributed by atoms with Gasteiger partial charge in [0.25, 0.3) is 0 Å². The molecule has 1 unspecified atom stereocenters. The summed E-state index contributed by atoms with van der Waals surface area (Å²) in [7, 11) is 0. The van der Waals surface area contributed by atoms with E-state index in [4.69, 9.17) is 0 Å². The van der Waals surface area contributed by atoms with Crippen molar-refractivity contribution in [2.75, 3.05) is 0 Å². The first-order valence-corrected chi connectivity index (χ1v) is 18.6. The molecule has 3 aromatic carbocycles. The summed E-state index contributed by atoms with van der Waals surface area (Å²) in [5.41, 5.74) is 14.7. The quantitative estimate of drug-likeness (QED) is 0.234. The molecule has 0 aromatic heterocycles. The Bertz CT molecular complexity index is 1440. The summed E-state index contributed by atoms with van der Waals surface area (Å²) in [5.74, 6) is 0. The molecule has 0 aliphatic heterocycles. The monoisotopic (exact) mass is 694 g/mol. The fourth-order valence-electron chi connectivity index (χ4n) is 6.86. The zero-order valence-corrected chi connectivity index (χ0v) is 29.5. The minimum Gasteiger partial charge on any atom is -0.0622 e. The van der Waals surface area contributed by atoms with Crippen molar-refractivity contribution in [1.29, 1.82) is 0 Å². The molecule has 0 N–H and O–H groups in total. The topological polar surface area (TPSA) is 0 Å². The molecule has 206 valence electrons. The van der Waals surface area contributed by atoms with Gasteiger partial charge >= 0.3 is 172 Å². The second-order valence-corrected chi connectivity index (χ2v) is 20.2. The van der Waals surface area contributed by atoms with Gasteiger partial charge in [-0.1, -0.05) is 60.7 Å². The van der Waals surface area contributed by atoms with Gasteiger partial charge in [0.15, 0.2) is 0 Å². The van der Waals surface area contributed by atoms with E-state index in [0.29, 0.717) is 8.59 Å². The fraction of sp³-hybridized carbons (Fsp3) is 0.385. The van der Waals surface area contributed by atoms with Crippen LogP contribution in [0.25, 0.3) is 6.08 Å². The maximum atomic E-state index is 2.59. The fourth-order valence-corrected chi connectivity index (χ4v) is 13.7. The zero-order chi connectivity index (χ0) is 28.7. The molecule has 0 heterocycles. The van der Waals surface area contributed by atoms with E-state index in [2.05, 4.69) is 140 Å². The predicted molar refractivity (Wildman–Crippen MR) is 169 cm³/mol. The van der Waals surface area contributed by atoms with Gasteiger partial charge in [0.1, 0.15) is 0 Å². The number of fused-ring (bicyclic) bond motifs is 2. The van der Waals surface area contributed by atoms with Gasteiger partial charge in [-0.25, -0.2) is 0 Å². The summed E-state index contributed by atoms with van der Waals surface area (Å²) >= 11 is -1.08. The third-order valence-corrected chi connectivity index (χ3v) is 17.6. The molecule has 3 aliphatic rings. The van der Waals surface area contributed by atoms with Crippen LogP contribution in [0, 0.1) is 10.8 Å². The van der Waals surface area contributed by atoms with Crippen LogP contribution < -0.4 is 0 Å². The van der Waals surface area contributed by atoms with E-state index in [1.54, 1.807) is 33.4 Å². The van der Waals surface area contributed by atoms with E-state index in [1.165, 1.54) is 29.5 Å². The van der Waals surface area contributed by atoms with Crippen LogP contribution in [0.5, 0.6) is 0 Å². The van der Waals surface area contributed by atoms with E-state index in [1.807, 2.05) is 3.33 Å². The van der Waals surface area contributed by atoms with Gasteiger partial charge in [-0.15, -0.1) is 0 Å². The number of hydrogen-bond donors (Lipinski definition) is 0. The maximum Gasteiger partial charge on any atom is -0.0238 e. The molecule has 0 spiro atoms. The molecule has 6 rings (SSSR count). The van der Waals surface area contributed by atoms with E-state index >= 15 is 0 Å². The number of rotatable bonds is 5. The average Bonchev–Trinajstić information content (AvgIpc) is 3.47. The molecule has 1 atom stereocenters. The molecule has 0 nitrogen and oxygen atoms in total. The third-order valence-electron chi connectivity index (χ3n) is 9.70. The van der Waals surface area contributed by atoms with Gasteiger partial charge in [-0.05, 0) is 24.0 Å². The Kier molecular flexibility index (Phi) is 8.19. The largest absolute Gasteiger partial charge is 0.0622 e. The molecule has 1 heteroatoms. The predicted octanol–water partition coefficient (Wildman–Crippen LogP) is 10.3. The molecule has 0 bridgehead atoms. The van der Waals surface area contributed by atoms with Gasteiger partial charge in [0, 0.05) is 0 Å². The van der Waals surface area contributed by atoms with E-state index in [-0.39, 0.29) is 5.41 Å². The summed E-state index contributed by atoms with van der Waals surface area (Å²) in [6.07, 6.45) is 9.73. The Balaban J connectivity index is 0.000000194. The van der Waals surface area contributed by atoms with Crippen LogP contribution in [0.1, 0.15) is 88.8 Å². The van der Waals surface area contributed by atoms with Gasteiger partial charge in [-0.2, -0.15) is 0 Å². The Labute approximate surface area is 255 Å². The van der Waals surface area contributed by atoms with Crippen molar-refractivity contribution in [2.24, 2.45) is 10.8 Å². The average molecular weight is 693 g/mol. The molecule has 0 saturated carbocycles. The number of hydrogen-bond acceptors (Lipinski definition) is 0. The van der Waals surface area contributed by atoms with Crippen molar-refractivity contribution in [2.45, 2.75) is 84.2 Å². The van der Waals surface area contributed by atoms with Gasteiger partial charge in [0.2, 0.25) is 0 Å². The maximum absolute atomic E-state index is 2.59. The van der Waals surface area contributed by atoms with Gasteiger partial charge in [-0.3, -0.25) is 0 Å². The van der Waals surface area contributed by atoms with Crippen LogP contribution in [-0.4, -0.2) is 0 Å². The Morgan fingerprint density at radius 2 is 1.20 bits per heavy atom. The van der Waals surface area contributed by atoms with Gasteiger partial charge < -0.3 is 0 Å². The number of benzene rings is 3. The summed E-state index contributed by atoms with van der Waals surface area (Å²) < 4.78 is 2.14. The Hall–Kier alpha value is -2.25. The van der Waals surface area contributed by atoms with E-state index in [9.17, 15) is 0 Å². The number of aryl methyl sites for hydroxylation is 2. The second-order valence-electron chi connectivity index (χ2n) is 13.7. The Morgan fingerprint density at radius 1 is 0.675 bits per heavy atom. The molecule has 40 heavy (non-hydrogen) atoms. The second kappa shape index (κ2) is 11.2. The summed E-state index contributed by atoms with van der Waals surface area (Å²) in [6.45, 7) is 19.3. The van der Waals surface area contributed by atoms with Crippen LogP contribution in [0.15, 0.2) is 98.9 Å². The zero-order valence-electron chi connectivity index (χ0n) is 25.9. The standard InChI is InChI=1S/C15H17.C14H14.C10H15.Hf/c1-10-4-5-11-6-12-8-15(2,3)9-13(12)7-14(10)11;1-3-7-13(8-4-1)11-12-14-9-5-2-6-10-14;1-7-6-10(4,5)9(3)8(7)2;/h4-7H,8-9H2,1-3H3;1-10H,11-12H2;1-5H3;. The molecule has 0 radical (unpaired) electrons. The normalized spacial score (nSPS) is 21.7. The number of allylic oxidation sites excluding steroid dienone is 5. The van der Waals surface area contributed by atoms with Crippen molar-refractivity contribution in [3.05, 3.63) is 132 Å². The summed E-state index contributed by atoms with van der Waals surface area (Å²) in [4.78, 5) is 0. The van der Waals surface area contributed by atoms with Crippen LogP contribution >= 0.6 is 0 Å². The van der Waals surface area contributed by atoms with Crippen LogP contribution in [0.4, 0.5) is 0 Å². The van der Waals surface area contributed by atoms with Crippen molar-refractivity contribution in [1.82, 2.24) is 0 Å². The molecular formula is C39H46Hf. The van der Waals surface area contributed by atoms with Crippen molar-refractivity contribution in [3.63, 3.8) is 0 Å².